The van der Waals surface area contributed by atoms with E-state index in [-0.39, 0.29) is 25.8 Å². The number of phosphoric acid groups is 1. The lowest BCUT2D eigenvalue weighted by Gasteiger charge is -2.24. The number of quaternary nitrogens is 1. The van der Waals surface area contributed by atoms with Crippen molar-refractivity contribution in [3.05, 3.63) is 12.2 Å². The summed E-state index contributed by atoms with van der Waals surface area (Å²) in [4.78, 5) is 23.0. The fraction of sp³-hybridized carbons (Fsp3) is 0.939. The molecule has 0 aliphatic heterocycles. The predicted octanol–water partition coefficient (Wildman–Crippen LogP) is 15.0. The van der Waals surface area contributed by atoms with Crippen LogP contribution in [0.4, 0.5) is 0 Å². The van der Waals surface area contributed by atoms with E-state index in [9.17, 15) is 14.3 Å². The molecule has 0 saturated heterocycles. The number of hydrogen-bond acceptors (Lipinski definition) is 6. The van der Waals surface area contributed by atoms with E-state index < -0.39 is 13.9 Å². The molecule has 0 aromatic heterocycles. The van der Waals surface area contributed by atoms with Crippen LogP contribution in [0.15, 0.2) is 12.2 Å². The van der Waals surface area contributed by atoms with Crippen LogP contribution >= 0.6 is 7.82 Å². The van der Waals surface area contributed by atoms with E-state index in [1.165, 1.54) is 186 Å². The smallest absolute Gasteiger partial charge is 0.457 e. The minimum absolute atomic E-state index is 0.0913. The average Bonchev–Trinajstić information content (AvgIpc) is 3.18. The summed E-state index contributed by atoms with van der Waals surface area (Å²) >= 11 is 0. The van der Waals surface area contributed by atoms with Crippen molar-refractivity contribution < 1.29 is 37.3 Å². The van der Waals surface area contributed by atoms with E-state index in [0.717, 1.165) is 32.1 Å². The summed E-state index contributed by atoms with van der Waals surface area (Å²) in [5.74, 6) is -0.313. The molecule has 0 aliphatic carbocycles. The first-order chi connectivity index (χ1) is 28.1. The fourth-order valence-corrected chi connectivity index (χ4v) is 7.94. The third kappa shape index (κ3) is 46.3. The lowest BCUT2D eigenvalue weighted by Crippen LogP contribution is -2.37. The molecule has 0 radical (unpaired) electrons. The number of phosphoric ester groups is 1. The second-order valence-corrected chi connectivity index (χ2v) is 19.7. The molecule has 9 heteroatoms. The Kier molecular flexibility index (Phi) is 42.3. The highest BCUT2D eigenvalue weighted by Crippen LogP contribution is 2.43. The lowest BCUT2D eigenvalue weighted by atomic mass is 10.0. The standard InChI is InChI=1S/C49H98NO7P/c1-6-8-10-12-14-16-18-20-22-24-25-27-29-31-33-35-37-39-41-44-54-46-48(47-56-58(52,53)55-45-43-50(3,4)5)57-49(51)42-40-38-36-34-32-30-28-26-23-21-19-17-15-13-11-9-7-2/h21,23,48H,6-20,22,24-47H2,1-5H3/p+1/b23-21-. The Labute approximate surface area is 360 Å². The number of carbonyl (C=O) groups is 1. The highest BCUT2D eigenvalue weighted by molar-refractivity contribution is 7.47. The Hall–Kier alpha value is -0.760. The molecule has 1 N–H and O–H groups in total. The van der Waals surface area contributed by atoms with Crippen LogP contribution in [0, 0.1) is 0 Å². The third-order valence-corrected chi connectivity index (χ3v) is 12.1. The predicted molar refractivity (Wildman–Crippen MR) is 247 cm³/mol. The van der Waals surface area contributed by atoms with Gasteiger partial charge in [0, 0.05) is 13.0 Å². The summed E-state index contributed by atoms with van der Waals surface area (Å²) in [6, 6.07) is 0. The Morgan fingerprint density at radius 3 is 1.31 bits per heavy atom. The van der Waals surface area contributed by atoms with Crippen LogP contribution in [-0.2, 0) is 27.9 Å². The first kappa shape index (κ1) is 57.2. The molecule has 0 aromatic rings. The number of nitrogens with zero attached hydrogens (tertiary/aromatic N) is 1. The van der Waals surface area contributed by atoms with Gasteiger partial charge in [0.05, 0.1) is 34.4 Å². The molecule has 0 spiro atoms. The van der Waals surface area contributed by atoms with Gasteiger partial charge in [-0.25, -0.2) is 4.57 Å². The lowest BCUT2D eigenvalue weighted by molar-refractivity contribution is -0.870. The van der Waals surface area contributed by atoms with Crippen molar-refractivity contribution in [3.63, 3.8) is 0 Å². The molecule has 0 aliphatic rings. The highest BCUT2D eigenvalue weighted by atomic mass is 31.2. The van der Waals surface area contributed by atoms with E-state index in [1.807, 2.05) is 21.1 Å². The monoisotopic (exact) mass is 845 g/mol. The maximum absolute atomic E-state index is 12.7. The van der Waals surface area contributed by atoms with Crippen LogP contribution in [0.25, 0.3) is 0 Å². The molecule has 58 heavy (non-hydrogen) atoms. The second kappa shape index (κ2) is 42.9. The van der Waals surface area contributed by atoms with Gasteiger partial charge in [-0.1, -0.05) is 206 Å². The fourth-order valence-electron chi connectivity index (χ4n) is 7.20. The Balaban J connectivity index is 4.13. The van der Waals surface area contributed by atoms with Crippen LogP contribution in [0.1, 0.15) is 239 Å². The number of rotatable bonds is 47. The minimum atomic E-state index is -4.27. The Bertz CT molecular complexity index is 940. The molecule has 0 amide bonds. The van der Waals surface area contributed by atoms with E-state index in [1.54, 1.807) is 0 Å². The highest BCUT2D eigenvalue weighted by Gasteiger charge is 2.26. The molecule has 0 heterocycles. The van der Waals surface area contributed by atoms with E-state index >= 15 is 0 Å². The van der Waals surface area contributed by atoms with Gasteiger partial charge < -0.3 is 18.9 Å². The summed E-state index contributed by atoms with van der Waals surface area (Å²) < 4.78 is 35.1. The summed E-state index contributed by atoms with van der Waals surface area (Å²) in [7, 11) is 1.68. The summed E-state index contributed by atoms with van der Waals surface area (Å²) in [6.07, 6.45) is 48.2. The first-order valence-electron chi connectivity index (χ1n) is 24.9. The van der Waals surface area contributed by atoms with Crippen molar-refractivity contribution >= 4 is 13.8 Å². The molecular weight excluding hydrogens is 746 g/mol. The molecule has 2 atom stereocenters. The largest absolute Gasteiger partial charge is 0.472 e. The number of unbranched alkanes of at least 4 members (excludes halogenated alkanes) is 31. The zero-order valence-corrected chi connectivity index (χ0v) is 40.2. The molecule has 0 aromatic carbocycles. The van der Waals surface area contributed by atoms with Crippen molar-refractivity contribution in [3.8, 4) is 0 Å². The van der Waals surface area contributed by atoms with Crippen LogP contribution in [0.5, 0.6) is 0 Å². The van der Waals surface area contributed by atoms with Gasteiger partial charge in [-0.05, 0) is 38.5 Å². The summed E-state index contributed by atoms with van der Waals surface area (Å²) in [5.41, 5.74) is 0. The number of esters is 1. The van der Waals surface area contributed by atoms with Crippen LogP contribution in [0.3, 0.4) is 0 Å². The maximum Gasteiger partial charge on any atom is 0.472 e. The Morgan fingerprint density at radius 1 is 0.517 bits per heavy atom. The molecule has 0 bridgehead atoms. The zero-order chi connectivity index (χ0) is 42.7. The van der Waals surface area contributed by atoms with Crippen molar-refractivity contribution in [1.29, 1.82) is 0 Å². The summed E-state index contributed by atoms with van der Waals surface area (Å²) in [5, 5.41) is 0. The quantitative estimate of drug-likeness (QED) is 0.0214. The maximum atomic E-state index is 12.7. The van der Waals surface area contributed by atoms with E-state index in [2.05, 4.69) is 26.0 Å². The molecule has 0 fully saturated rings. The van der Waals surface area contributed by atoms with Crippen molar-refractivity contribution in [1.82, 2.24) is 0 Å². The summed E-state index contributed by atoms with van der Waals surface area (Å²) in [6.45, 7) is 5.67. The first-order valence-corrected chi connectivity index (χ1v) is 26.4. The van der Waals surface area contributed by atoms with Gasteiger partial charge in [-0.3, -0.25) is 13.8 Å². The second-order valence-electron chi connectivity index (χ2n) is 18.2. The number of likely N-dealkylation sites (N-methyl/N-ethyl adjacent to an activating group) is 1. The van der Waals surface area contributed by atoms with Crippen LogP contribution < -0.4 is 0 Å². The average molecular weight is 845 g/mol. The minimum Gasteiger partial charge on any atom is -0.457 e. The number of ether oxygens (including phenoxy) is 2. The normalized spacial score (nSPS) is 13.7. The molecule has 8 nitrogen and oxygen atoms in total. The molecular formula is C49H99NO7P+. The number of allylic oxidation sites excluding steroid dienone is 2. The SMILES string of the molecule is CCCCCCCC/C=C\CCCCCCCCCC(=O)OC(COCCCCCCCCCCCCCCCCCCCCC)COP(=O)(O)OCC[N+](C)(C)C. The molecule has 0 saturated carbocycles. The van der Waals surface area contributed by atoms with Gasteiger partial charge in [0.2, 0.25) is 0 Å². The zero-order valence-electron chi connectivity index (χ0n) is 39.3. The Morgan fingerprint density at radius 2 is 0.897 bits per heavy atom. The topological polar surface area (TPSA) is 91.3 Å². The van der Waals surface area contributed by atoms with Crippen LogP contribution in [-0.4, -0.2) is 75.6 Å². The van der Waals surface area contributed by atoms with Crippen molar-refractivity contribution in [2.45, 2.75) is 245 Å². The van der Waals surface area contributed by atoms with E-state index in [4.69, 9.17) is 18.5 Å². The van der Waals surface area contributed by atoms with E-state index in [0.29, 0.717) is 24.1 Å². The van der Waals surface area contributed by atoms with Gasteiger partial charge >= 0.3 is 13.8 Å². The third-order valence-electron chi connectivity index (χ3n) is 11.1. The van der Waals surface area contributed by atoms with Gasteiger partial charge in [0.1, 0.15) is 19.3 Å². The van der Waals surface area contributed by atoms with Crippen molar-refractivity contribution in [2.75, 3.05) is 54.1 Å². The molecule has 0 rings (SSSR count). The molecule has 346 valence electrons. The van der Waals surface area contributed by atoms with Gasteiger partial charge in [0.15, 0.2) is 0 Å². The van der Waals surface area contributed by atoms with Gasteiger partial charge in [-0.2, -0.15) is 0 Å². The van der Waals surface area contributed by atoms with Gasteiger partial charge in [0.25, 0.3) is 0 Å². The molecule has 2 unspecified atom stereocenters. The van der Waals surface area contributed by atoms with Gasteiger partial charge in [-0.15, -0.1) is 0 Å². The van der Waals surface area contributed by atoms with Crippen LogP contribution in [0.2, 0.25) is 0 Å². The number of hydrogen-bond donors (Lipinski definition) is 1. The number of carbonyl (C=O) groups excluding carboxylic acids is 1. The van der Waals surface area contributed by atoms with Crippen molar-refractivity contribution in [2.24, 2.45) is 0 Å².